The molecule has 0 aliphatic rings. The van der Waals surface area contributed by atoms with Gasteiger partial charge in [-0.25, -0.2) is 0 Å². The van der Waals surface area contributed by atoms with E-state index in [0.29, 0.717) is 29.1 Å². The molecule has 0 unspecified atom stereocenters. The molecule has 0 radical (unpaired) electrons. The summed E-state index contributed by atoms with van der Waals surface area (Å²) in [6.45, 7) is 21.3. The van der Waals surface area contributed by atoms with Crippen LogP contribution in [-0.2, 0) is 10.8 Å². The summed E-state index contributed by atoms with van der Waals surface area (Å²) in [5.41, 5.74) is 4.55. The number of ether oxygens (including phenoxy) is 1. The molecule has 0 fully saturated rings. The first-order valence-corrected chi connectivity index (χ1v) is 14.6. The monoisotopic (exact) mass is 539 g/mol. The smallest absolute Gasteiger partial charge is 0.197 e. The number of carbonyl (C=O) groups excluding carboxylic acids is 1. The third kappa shape index (κ3) is 6.33. The van der Waals surface area contributed by atoms with E-state index in [2.05, 4.69) is 60.3 Å². The SMILES string of the molecule is CCN(CC)CCCOc1c(C(C)(C)C)cc(C(=O)c2c(-c3ccccc3)oc3ccccc23)cc1C(C)(C)C. The minimum Gasteiger partial charge on any atom is -0.493 e. The highest BCUT2D eigenvalue weighted by Crippen LogP contribution is 2.42. The lowest BCUT2D eigenvalue weighted by atomic mass is 9.77. The van der Waals surface area contributed by atoms with Crippen molar-refractivity contribution in [1.29, 1.82) is 0 Å². The summed E-state index contributed by atoms with van der Waals surface area (Å²) < 4.78 is 12.9. The Balaban J connectivity index is 1.84. The van der Waals surface area contributed by atoms with Gasteiger partial charge in [-0.15, -0.1) is 0 Å². The molecule has 0 saturated heterocycles. The Bertz CT molecular complexity index is 1410. The molecule has 4 aromatic rings. The van der Waals surface area contributed by atoms with Crippen LogP contribution in [0.25, 0.3) is 22.3 Å². The normalized spacial score (nSPS) is 12.3. The van der Waals surface area contributed by atoms with E-state index in [1.807, 2.05) is 66.7 Å². The van der Waals surface area contributed by atoms with Crippen molar-refractivity contribution in [2.75, 3.05) is 26.2 Å². The van der Waals surface area contributed by atoms with Gasteiger partial charge in [-0.3, -0.25) is 4.79 Å². The average Bonchev–Trinajstić information content (AvgIpc) is 3.31. The molecule has 40 heavy (non-hydrogen) atoms. The molecule has 1 heterocycles. The van der Waals surface area contributed by atoms with E-state index in [4.69, 9.17) is 9.15 Å². The highest BCUT2D eigenvalue weighted by Gasteiger charge is 2.31. The predicted molar refractivity (Wildman–Crippen MR) is 167 cm³/mol. The molecule has 0 N–H and O–H groups in total. The van der Waals surface area contributed by atoms with Crippen LogP contribution in [0.4, 0.5) is 0 Å². The van der Waals surface area contributed by atoms with Crippen molar-refractivity contribution in [3.05, 3.63) is 89.0 Å². The van der Waals surface area contributed by atoms with Crippen LogP contribution >= 0.6 is 0 Å². The third-order valence-electron chi connectivity index (χ3n) is 7.59. The van der Waals surface area contributed by atoms with E-state index < -0.39 is 0 Å². The van der Waals surface area contributed by atoms with E-state index in [0.717, 1.165) is 53.9 Å². The summed E-state index contributed by atoms with van der Waals surface area (Å²) in [5, 5.41) is 0.831. The molecule has 0 amide bonds. The van der Waals surface area contributed by atoms with Crippen molar-refractivity contribution in [3.8, 4) is 17.1 Å². The maximum absolute atomic E-state index is 14.5. The lowest BCUT2D eigenvalue weighted by Gasteiger charge is -2.31. The van der Waals surface area contributed by atoms with Crippen LogP contribution in [0.15, 0.2) is 71.1 Å². The number of para-hydroxylation sites is 1. The predicted octanol–water partition coefficient (Wildman–Crippen LogP) is 9.04. The van der Waals surface area contributed by atoms with Crippen LogP contribution in [-0.4, -0.2) is 36.9 Å². The van der Waals surface area contributed by atoms with Gasteiger partial charge in [-0.2, -0.15) is 0 Å². The number of fused-ring (bicyclic) bond motifs is 1. The van der Waals surface area contributed by atoms with Crippen molar-refractivity contribution in [2.45, 2.75) is 72.6 Å². The maximum atomic E-state index is 14.5. The van der Waals surface area contributed by atoms with Crippen LogP contribution in [0.2, 0.25) is 0 Å². The van der Waals surface area contributed by atoms with E-state index in [-0.39, 0.29) is 16.6 Å². The summed E-state index contributed by atoms with van der Waals surface area (Å²) in [6.07, 6.45) is 0.955. The second-order valence-corrected chi connectivity index (χ2v) is 12.6. The minimum atomic E-state index is -0.217. The van der Waals surface area contributed by atoms with Gasteiger partial charge in [0.15, 0.2) is 5.78 Å². The standard InChI is InChI=1S/C36H45NO3/c1-9-37(10-2)21-16-22-39-34-28(35(3,4)5)23-26(24-29(34)36(6,7)8)32(38)31-27-19-14-15-20-30(27)40-33(31)25-17-12-11-13-18-25/h11-15,17-20,23-24H,9-10,16,21-22H2,1-8H3. The number of hydrogen-bond donors (Lipinski definition) is 0. The molecule has 4 heteroatoms. The molecule has 4 rings (SSSR count). The Morgan fingerprint density at radius 2 is 1.40 bits per heavy atom. The molecule has 212 valence electrons. The van der Waals surface area contributed by atoms with E-state index in [1.54, 1.807) is 0 Å². The maximum Gasteiger partial charge on any atom is 0.197 e. The number of ketones is 1. The van der Waals surface area contributed by atoms with Crippen molar-refractivity contribution in [3.63, 3.8) is 0 Å². The zero-order valence-corrected chi connectivity index (χ0v) is 25.6. The summed E-state index contributed by atoms with van der Waals surface area (Å²) in [5.74, 6) is 1.49. The summed E-state index contributed by atoms with van der Waals surface area (Å²) in [6, 6.07) is 21.8. The first-order valence-electron chi connectivity index (χ1n) is 14.6. The lowest BCUT2D eigenvalue weighted by molar-refractivity contribution is 0.104. The van der Waals surface area contributed by atoms with Gasteiger partial charge in [0.1, 0.15) is 17.1 Å². The van der Waals surface area contributed by atoms with E-state index in [9.17, 15) is 4.79 Å². The van der Waals surface area contributed by atoms with Gasteiger partial charge < -0.3 is 14.1 Å². The molecule has 0 aliphatic carbocycles. The van der Waals surface area contributed by atoms with E-state index in [1.165, 1.54) is 0 Å². The van der Waals surface area contributed by atoms with Crippen molar-refractivity contribution >= 4 is 16.8 Å². The number of carbonyl (C=O) groups is 1. The largest absolute Gasteiger partial charge is 0.493 e. The second-order valence-electron chi connectivity index (χ2n) is 12.6. The van der Waals surface area contributed by atoms with Crippen molar-refractivity contribution in [2.24, 2.45) is 0 Å². The molecule has 0 bridgehead atoms. The van der Waals surface area contributed by atoms with Gasteiger partial charge in [0.05, 0.1) is 12.2 Å². The quantitative estimate of drug-likeness (QED) is 0.149. The molecule has 0 spiro atoms. The van der Waals surface area contributed by atoms with Crippen molar-refractivity contribution < 1.29 is 13.9 Å². The number of furan rings is 1. The summed E-state index contributed by atoms with van der Waals surface area (Å²) in [7, 11) is 0. The number of hydrogen-bond acceptors (Lipinski definition) is 4. The molecule has 4 nitrogen and oxygen atoms in total. The van der Waals surface area contributed by atoms with Gasteiger partial charge in [-0.05, 0) is 48.5 Å². The fraction of sp³-hybridized carbons (Fsp3) is 0.417. The zero-order chi connectivity index (χ0) is 29.1. The van der Waals surface area contributed by atoms with Crippen LogP contribution in [0, 0.1) is 0 Å². The number of nitrogens with zero attached hydrogens (tertiary/aromatic N) is 1. The summed E-state index contributed by atoms with van der Waals surface area (Å²) >= 11 is 0. The molecule has 0 aliphatic heterocycles. The Labute approximate surface area is 240 Å². The minimum absolute atomic E-state index is 0.0344. The molecule has 0 atom stereocenters. The topological polar surface area (TPSA) is 42.7 Å². The van der Waals surface area contributed by atoms with Crippen molar-refractivity contribution in [1.82, 2.24) is 4.90 Å². The van der Waals surface area contributed by atoms with Crippen LogP contribution < -0.4 is 4.74 Å². The lowest BCUT2D eigenvalue weighted by Crippen LogP contribution is -2.26. The zero-order valence-electron chi connectivity index (χ0n) is 25.6. The molecule has 1 aromatic heterocycles. The number of benzene rings is 3. The van der Waals surface area contributed by atoms with Gasteiger partial charge in [0, 0.05) is 34.2 Å². The summed E-state index contributed by atoms with van der Waals surface area (Å²) in [4.78, 5) is 16.9. The van der Waals surface area contributed by atoms with Crippen LogP contribution in [0.1, 0.15) is 88.9 Å². The fourth-order valence-electron chi connectivity index (χ4n) is 5.24. The first-order chi connectivity index (χ1) is 19.0. The van der Waals surface area contributed by atoms with Gasteiger partial charge in [0.2, 0.25) is 0 Å². The number of rotatable bonds is 10. The molecule has 3 aromatic carbocycles. The second kappa shape index (κ2) is 12.0. The Morgan fingerprint density at radius 3 is 1.98 bits per heavy atom. The highest BCUT2D eigenvalue weighted by molar-refractivity contribution is 6.19. The van der Waals surface area contributed by atoms with Gasteiger partial charge >= 0.3 is 0 Å². The van der Waals surface area contributed by atoms with E-state index >= 15 is 0 Å². The van der Waals surface area contributed by atoms with Crippen LogP contribution in [0.3, 0.4) is 0 Å². The molecular formula is C36H45NO3. The first kappa shape index (κ1) is 29.6. The third-order valence-corrected chi connectivity index (χ3v) is 7.59. The van der Waals surface area contributed by atoms with Gasteiger partial charge in [0.25, 0.3) is 0 Å². The Morgan fingerprint density at radius 1 is 0.825 bits per heavy atom. The highest BCUT2D eigenvalue weighted by atomic mass is 16.5. The average molecular weight is 540 g/mol. The van der Waals surface area contributed by atoms with Gasteiger partial charge in [-0.1, -0.05) is 104 Å². The fourth-order valence-corrected chi connectivity index (χ4v) is 5.24. The molecule has 0 saturated carbocycles. The Kier molecular flexibility index (Phi) is 8.90. The molecular weight excluding hydrogens is 494 g/mol. The van der Waals surface area contributed by atoms with Crippen LogP contribution in [0.5, 0.6) is 5.75 Å². The Hall–Kier alpha value is -3.37.